The minimum atomic E-state index is -0.141. The molecule has 20 heavy (non-hydrogen) atoms. The first kappa shape index (κ1) is 14.0. The fraction of sp³-hybridized carbons (Fsp3) is 0.357. The molecule has 2 aromatic rings. The fourth-order valence-electron chi connectivity index (χ4n) is 2.06. The number of amides is 1. The number of aryl methyl sites for hydroxylation is 1. The van der Waals surface area contributed by atoms with E-state index in [-0.39, 0.29) is 11.9 Å². The van der Waals surface area contributed by atoms with Crippen molar-refractivity contribution in [2.75, 3.05) is 12.4 Å². The van der Waals surface area contributed by atoms with Crippen LogP contribution in [0.15, 0.2) is 30.7 Å². The molecule has 1 atom stereocenters. The summed E-state index contributed by atoms with van der Waals surface area (Å²) in [5.74, 6) is 0.434. The molecule has 2 aromatic heterocycles. The molecule has 0 radical (unpaired) electrons. The van der Waals surface area contributed by atoms with E-state index in [2.05, 4.69) is 20.7 Å². The predicted molar refractivity (Wildman–Crippen MR) is 77.5 cm³/mol. The van der Waals surface area contributed by atoms with Gasteiger partial charge >= 0.3 is 0 Å². The number of rotatable bonds is 5. The molecular weight excluding hydrogens is 254 g/mol. The number of carbonyl (C=O) groups excluding carboxylic acids is 1. The van der Waals surface area contributed by atoms with Crippen LogP contribution in [0.2, 0.25) is 0 Å². The van der Waals surface area contributed by atoms with Crippen molar-refractivity contribution < 1.29 is 4.79 Å². The van der Waals surface area contributed by atoms with Gasteiger partial charge < -0.3 is 10.6 Å². The van der Waals surface area contributed by atoms with Gasteiger partial charge in [-0.3, -0.25) is 9.48 Å². The van der Waals surface area contributed by atoms with Gasteiger partial charge in [-0.15, -0.1) is 0 Å². The molecule has 0 unspecified atom stereocenters. The predicted octanol–water partition coefficient (Wildman–Crippen LogP) is 1.74. The molecule has 0 saturated carbocycles. The molecular formula is C14H19N5O. The lowest BCUT2D eigenvalue weighted by molar-refractivity contribution is 0.0936. The largest absolute Gasteiger partial charge is 0.372 e. The minimum Gasteiger partial charge on any atom is -0.372 e. The van der Waals surface area contributed by atoms with E-state index in [4.69, 9.17) is 0 Å². The second kappa shape index (κ2) is 6.18. The van der Waals surface area contributed by atoms with Gasteiger partial charge in [-0.1, -0.05) is 6.92 Å². The number of carbonyl (C=O) groups is 1. The number of hydrogen-bond donors (Lipinski definition) is 2. The molecule has 1 amide bonds. The molecule has 0 saturated heterocycles. The van der Waals surface area contributed by atoms with Gasteiger partial charge in [0.15, 0.2) is 0 Å². The Balaban J connectivity index is 2.17. The molecule has 0 aliphatic carbocycles. The van der Waals surface area contributed by atoms with Crippen LogP contribution in [0.4, 0.5) is 5.82 Å². The molecule has 0 aliphatic rings. The summed E-state index contributed by atoms with van der Waals surface area (Å²) in [6.45, 7) is 2.03. The standard InChI is InChI=1S/C14H19N5O/c1-4-12(10-8-17-19(3)9-10)18-14(20)11-6-5-7-16-13(11)15-2/h5-9,12H,4H2,1-3H3,(H,15,16)(H,18,20)/t12-/m0/s1. The van der Waals surface area contributed by atoms with Crippen molar-refractivity contribution in [1.29, 1.82) is 0 Å². The molecule has 2 N–H and O–H groups in total. The molecule has 0 bridgehead atoms. The number of anilines is 1. The lowest BCUT2D eigenvalue weighted by Gasteiger charge is -2.16. The van der Waals surface area contributed by atoms with Crippen molar-refractivity contribution >= 4 is 11.7 Å². The maximum Gasteiger partial charge on any atom is 0.255 e. The van der Waals surface area contributed by atoms with Crippen LogP contribution in [-0.4, -0.2) is 27.7 Å². The van der Waals surface area contributed by atoms with Gasteiger partial charge in [0, 0.05) is 32.1 Å². The van der Waals surface area contributed by atoms with Gasteiger partial charge in [-0.05, 0) is 18.6 Å². The van der Waals surface area contributed by atoms with E-state index in [0.717, 1.165) is 12.0 Å². The summed E-state index contributed by atoms with van der Waals surface area (Å²) in [6, 6.07) is 3.45. The van der Waals surface area contributed by atoms with Crippen LogP contribution >= 0.6 is 0 Å². The summed E-state index contributed by atoms with van der Waals surface area (Å²) in [6.07, 6.45) is 6.14. The number of nitrogens with zero attached hydrogens (tertiary/aromatic N) is 3. The maximum absolute atomic E-state index is 12.4. The van der Waals surface area contributed by atoms with E-state index in [0.29, 0.717) is 11.4 Å². The highest BCUT2D eigenvalue weighted by Crippen LogP contribution is 2.18. The van der Waals surface area contributed by atoms with E-state index >= 15 is 0 Å². The third-order valence-corrected chi connectivity index (χ3v) is 3.13. The van der Waals surface area contributed by atoms with Crippen LogP contribution in [-0.2, 0) is 7.05 Å². The van der Waals surface area contributed by atoms with Crippen LogP contribution in [0, 0.1) is 0 Å². The van der Waals surface area contributed by atoms with Crippen molar-refractivity contribution in [3.05, 3.63) is 41.9 Å². The van der Waals surface area contributed by atoms with Crippen LogP contribution < -0.4 is 10.6 Å². The lowest BCUT2D eigenvalue weighted by atomic mass is 10.1. The van der Waals surface area contributed by atoms with E-state index in [1.807, 2.05) is 20.2 Å². The monoisotopic (exact) mass is 273 g/mol. The van der Waals surface area contributed by atoms with E-state index in [1.165, 1.54) is 0 Å². The molecule has 6 heteroatoms. The highest BCUT2D eigenvalue weighted by Gasteiger charge is 2.17. The summed E-state index contributed by atoms with van der Waals surface area (Å²) in [5, 5.41) is 10.1. The van der Waals surface area contributed by atoms with Crippen LogP contribution in [0.1, 0.15) is 35.3 Å². The van der Waals surface area contributed by atoms with Gasteiger partial charge in [-0.2, -0.15) is 5.10 Å². The fourth-order valence-corrected chi connectivity index (χ4v) is 2.06. The zero-order valence-electron chi connectivity index (χ0n) is 11.9. The molecule has 0 spiro atoms. The number of nitrogens with one attached hydrogen (secondary N) is 2. The van der Waals surface area contributed by atoms with Crippen molar-refractivity contribution in [2.45, 2.75) is 19.4 Å². The van der Waals surface area contributed by atoms with Crippen molar-refractivity contribution in [3.8, 4) is 0 Å². The SMILES string of the molecule is CC[C@H](NC(=O)c1cccnc1NC)c1cnn(C)c1. The highest BCUT2D eigenvalue weighted by molar-refractivity contribution is 5.98. The lowest BCUT2D eigenvalue weighted by Crippen LogP contribution is -2.28. The van der Waals surface area contributed by atoms with E-state index in [1.54, 1.807) is 36.3 Å². The molecule has 6 nitrogen and oxygen atoms in total. The second-order valence-corrected chi connectivity index (χ2v) is 4.53. The molecule has 2 rings (SSSR count). The third kappa shape index (κ3) is 2.96. The summed E-state index contributed by atoms with van der Waals surface area (Å²) < 4.78 is 1.73. The Morgan fingerprint density at radius 2 is 2.30 bits per heavy atom. The first-order chi connectivity index (χ1) is 9.65. The molecule has 106 valence electrons. The Morgan fingerprint density at radius 3 is 2.90 bits per heavy atom. The van der Waals surface area contributed by atoms with Gasteiger partial charge in [0.05, 0.1) is 17.8 Å². The minimum absolute atomic E-state index is 0.0545. The first-order valence-electron chi connectivity index (χ1n) is 6.57. The van der Waals surface area contributed by atoms with Crippen molar-refractivity contribution in [1.82, 2.24) is 20.1 Å². The summed E-state index contributed by atoms with van der Waals surface area (Å²) in [4.78, 5) is 16.5. The van der Waals surface area contributed by atoms with Gasteiger partial charge in [0.2, 0.25) is 0 Å². The topological polar surface area (TPSA) is 71.8 Å². The quantitative estimate of drug-likeness (QED) is 0.870. The zero-order chi connectivity index (χ0) is 14.5. The van der Waals surface area contributed by atoms with Crippen molar-refractivity contribution in [2.24, 2.45) is 7.05 Å². The Hall–Kier alpha value is -2.37. The van der Waals surface area contributed by atoms with Crippen LogP contribution in [0.3, 0.4) is 0 Å². The van der Waals surface area contributed by atoms with Crippen LogP contribution in [0.5, 0.6) is 0 Å². The molecule has 0 fully saturated rings. The number of aromatic nitrogens is 3. The Labute approximate surface area is 118 Å². The molecule has 2 heterocycles. The zero-order valence-corrected chi connectivity index (χ0v) is 11.9. The number of hydrogen-bond acceptors (Lipinski definition) is 4. The highest BCUT2D eigenvalue weighted by atomic mass is 16.1. The van der Waals surface area contributed by atoms with Gasteiger partial charge in [0.1, 0.15) is 5.82 Å². The summed E-state index contributed by atoms with van der Waals surface area (Å²) >= 11 is 0. The smallest absolute Gasteiger partial charge is 0.255 e. The van der Waals surface area contributed by atoms with Gasteiger partial charge in [-0.25, -0.2) is 4.98 Å². The third-order valence-electron chi connectivity index (χ3n) is 3.13. The maximum atomic E-state index is 12.4. The molecule has 0 aliphatic heterocycles. The number of pyridine rings is 1. The first-order valence-corrected chi connectivity index (χ1v) is 6.57. The molecule has 0 aromatic carbocycles. The van der Waals surface area contributed by atoms with E-state index in [9.17, 15) is 4.79 Å². The summed E-state index contributed by atoms with van der Waals surface area (Å²) in [5.41, 5.74) is 1.54. The average molecular weight is 273 g/mol. The summed E-state index contributed by atoms with van der Waals surface area (Å²) in [7, 11) is 3.61. The van der Waals surface area contributed by atoms with Gasteiger partial charge in [0.25, 0.3) is 5.91 Å². The average Bonchev–Trinajstić information content (AvgIpc) is 2.90. The second-order valence-electron chi connectivity index (χ2n) is 4.53. The van der Waals surface area contributed by atoms with E-state index < -0.39 is 0 Å². The Kier molecular flexibility index (Phi) is 4.34. The van der Waals surface area contributed by atoms with Crippen LogP contribution in [0.25, 0.3) is 0 Å². The van der Waals surface area contributed by atoms with Crippen molar-refractivity contribution in [3.63, 3.8) is 0 Å². The Morgan fingerprint density at radius 1 is 1.50 bits per heavy atom. The Bertz CT molecular complexity index is 593. The normalized spacial score (nSPS) is 11.9.